The van der Waals surface area contributed by atoms with Crippen LogP contribution in [0.25, 0.3) is 6.08 Å². The summed E-state index contributed by atoms with van der Waals surface area (Å²) in [6.45, 7) is 0. The molecule has 2 rings (SSSR count). The van der Waals surface area contributed by atoms with Crippen LogP contribution < -0.4 is 5.32 Å². The van der Waals surface area contributed by atoms with Crippen LogP contribution in [0.5, 0.6) is 0 Å². The molecule has 88 valence electrons. The molecule has 0 saturated heterocycles. The Kier molecular flexibility index (Phi) is 3.41. The minimum Gasteiger partial charge on any atom is -0.349 e. The van der Waals surface area contributed by atoms with Crippen LogP contribution in [-0.2, 0) is 4.79 Å². The van der Waals surface area contributed by atoms with Gasteiger partial charge in [-0.15, -0.1) is 0 Å². The monoisotopic (exact) mass is 237 g/mol. The summed E-state index contributed by atoms with van der Waals surface area (Å²) in [5.74, 6) is -0.329. The predicted octanol–water partition coefficient (Wildman–Crippen LogP) is 1.74. The minimum atomic E-state index is -0.329. The van der Waals surface area contributed by atoms with Gasteiger partial charge in [-0.2, -0.15) is 10.5 Å². The molecule has 0 unspecified atom stereocenters. The van der Waals surface area contributed by atoms with Crippen molar-refractivity contribution < 1.29 is 4.79 Å². The van der Waals surface area contributed by atoms with Crippen molar-refractivity contribution >= 4 is 12.0 Å². The average molecular weight is 237 g/mol. The lowest BCUT2D eigenvalue weighted by Crippen LogP contribution is -2.26. The Bertz CT molecular complexity index is 569. The number of nitrogens with one attached hydrogen (secondary N) is 1. The molecular weight excluding hydrogens is 226 g/mol. The molecule has 1 amide bonds. The third-order valence-electron chi connectivity index (χ3n) is 2.63. The number of carbonyl (C=O) groups is 1. The van der Waals surface area contributed by atoms with E-state index in [-0.39, 0.29) is 17.5 Å². The Morgan fingerprint density at radius 2 is 1.94 bits per heavy atom. The highest BCUT2D eigenvalue weighted by Crippen LogP contribution is 2.19. The third-order valence-corrected chi connectivity index (χ3v) is 2.63. The van der Waals surface area contributed by atoms with Gasteiger partial charge in [-0.1, -0.05) is 12.1 Å². The lowest BCUT2D eigenvalue weighted by atomic mass is 10.1. The van der Waals surface area contributed by atoms with Crippen LogP contribution in [-0.4, -0.2) is 11.9 Å². The molecule has 1 N–H and O–H groups in total. The van der Waals surface area contributed by atoms with Gasteiger partial charge >= 0.3 is 0 Å². The minimum absolute atomic E-state index is 0.0895. The van der Waals surface area contributed by atoms with E-state index in [1.165, 1.54) is 6.08 Å². The smallest absolute Gasteiger partial charge is 0.262 e. The van der Waals surface area contributed by atoms with E-state index in [2.05, 4.69) is 5.32 Å². The number of benzene rings is 1. The summed E-state index contributed by atoms with van der Waals surface area (Å²) in [6, 6.07) is 10.9. The molecule has 1 aliphatic rings. The van der Waals surface area contributed by atoms with Gasteiger partial charge in [0.2, 0.25) is 0 Å². The molecule has 0 aliphatic heterocycles. The first kappa shape index (κ1) is 11.9. The second-order valence-electron chi connectivity index (χ2n) is 4.15. The zero-order valence-corrected chi connectivity index (χ0v) is 9.68. The summed E-state index contributed by atoms with van der Waals surface area (Å²) in [7, 11) is 0. The van der Waals surface area contributed by atoms with Gasteiger partial charge in [-0.05, 0) is 36.6 Å². The van der Waals surface area contributed by atoms with E-state index in [0.717, 1.165) is 18.4 Å². The highest BCUT2D eigenvalue weighted by atomic mass is 16.1. The Hall–Kier alpha value is -2.59. The Morgan fingerprint density at radius 3 is 2.44 bits per heavy atom. The number of carbonyl (C=O) groups excluding carboxylic acids is 1. The first-order valence-corrected chi connectivity index (χ1v) is 5.66. The maximum absolute atomic E-state index is 11.7. The van der Waals surface area contributed by atoms with Gasteiger partial charge in [-0.25, -0.2) is 0 Å². The van der Waals surface area contributed by atoms with Crippen molar-refractivity contribution in [3.63, 3.8) is 0 Å². The molecule has 1 saturated carbocycles. The molecule has 1 aliphatic carbocycles. The number of hydrogen-bond acceptors (Lipinski definition) is 3. The summed E-state index contributed by atoms with van der Waals surface area (Å²) in [5.41, 5.74) is 1.37. The van der Waals surface area contributed by atoms with E-state index in [4.69, 9.17) is 10.5 Å². The number of hydrogen-bond donors (Lipinski definition) is 1. The van der Waals surface area contributed by atoms with E-state index < -0.39 is 0 Å². The van der Waals surface area contributed by atoms with Crippen LogP contribution in [0.4, 0.5) is 0 Å². The molecule has 1 aromatic carbocycles. The van der Waals surface area contributed by atoms with Crippen LogP contribution in [0.2, 0.25) is 0 Å². The number of nitrogens with zero attached hydrogens (tertiary/aromatic N) is 2. The summed E-state index contributed by atoms with van der Waals surface area (Å²) >= 11 is 0. The van der Waals surface area contributed by atoms with Crippen LogP contribution >= 0.6 is 0 Å². The maximum Gasteiger partial charge on any atom is 0.262 e. The van der Waals surface area contributed by atoms with E-state index in [1.54, 1.807) is 24.3 Å². The van der Waals surface area contributed by atoms with E-state index >= 15 is 0 Å². The third kappa shape index (κ3) is 2.96. The van der Waals surface area contributed by atoms with Gasteiger partial charge in [0.1, 0.15) is 11.6 Å². The van der Waals surface area contributed by atoms with Gasteiger partial charge in [0.05, 0.1) is 11.6 Å². The fourth-order valence-electron chi connectivity index (χ4n) is 1.46. The highest BCUT2D eigenvalue weighted by molar-refractivity contribution is 6.01. The molecule has 0 spiro atoms. The molecule has 1 aromatic rings. The van der Waals surface area contributed by atoms with Crippen molar-refractivity contribution in [2.24, 2.45) is 0 Å². The lowest BCUT2D eigenvalue weighted by Gasteiger charge is -2.01. The van der Waals surface area contributed by atoms with Crippen LogP contribution in [0.15, 0.2) is 29.8 Å². The number of rotatable bonds is 3. The topological polar surface area (TPSA) is 76.7 Å². The van der Waals surface area contributed by atoms with Gasteiger partial charge in [0, 0.05) is 6.04 Å². The van der Waals surface area contributed by atoms with Gasteiger partial charge < -0.3 is 5.32 Å². The standard InChI is InChI=1S/C14H11N3O/c15-8-11-3-1-10(2-4-11)7-12(9-16)14(18)17-13-5-6-13/h1-4,7,13H,5-6H2,(H,17,18)/b12-7+. The van der Waals surface area contributed by atoms with E-state index in [0.29, 0.717) is 5.56 Å². The summed E-state index contributed by atoms with van der Waals surface area (Å²) < 4.78 is 0. The van der Waals surface area contributed by atoms with Crippen LogP contribution in [0.3, 0.4) is 0 Å². The first-order chi connectivity index (χ1) is 8.72. The normalized spacial score (nSPS) is 14.4. The largest absolute Gasteiger partial charge is 0.349 e. The first-order valence-electron chi connectivity index (χ1n) is 5.66. The second kappa shape index (κ2) is 5.16. The van der Waals surface area contributed by atoms with Crippen molar-refractivity contribution in [2.45, 2.75) is 18.9 Å². The Balaban J connectivity index is 2.15. The molecule has 0 bridgehead atoms. The summed E-state index contributed by atoms with van der Waals surface area (Å²) in [5, 5.41) is 20.4. The van der Waals surface area contributed by atoms with E-state index in [9.17, 15) is 4.79 Å². The van der Waals surface area contributed by atoms with Crippen molar-refractivity contribution in [1.82, 2.24) is 5.32 Å². The van der Waals surface area contributed by atoms with Crippen molar-refractivity contribution in [1.29, 1.82) is 10.5 Å². The maximum atomic E-state index is 11.7. The van der Waals surface area contributed by atoms with E-state index in [1.807, 2.05) is 12.1 Å². The molecule has 4 heteroatoms. The average Bonchev–Trinajstić information content (AvgIpc) is 3.20. The summed E-state index contributed by atoms with van der Waals surface area (Å²) in [4.78, 5) is 11.7. The highest BCUT2D eigenvalue weighted by Gasteiger charge is 2.24. The molecule has 0 radical (unpaired) electrons. The summed E-state index contributed by atoms with van der Waals surface area (Å²) in [6.07, 6.45) is 3.50. The second-order valence-corrected chi connectivity index (χ2v) is 4.15. The van der Waals surface area contributed by atoms with Gasteiger partial charge in [-0.3, -0.25) is 4.79 Å². The number of amides is 1. The molecule has 0 heterocycles. The van der Waals surface area contributed by atoms with Crippen LogP contribution in [0, 0.1) is 22.7 Å². The SMILES string of the molecule is N#C/C(=C\c1ccc(C#N)cc1)C(=O)NC1CC1. The number of nitriles is 2. The Labute approximate surface area is 105 Å². The van der Waals surface area contributed by atoms with Crippen LogP contribution in [0.1, 0.15) is 24.0 Å². The van der Waals surface area contributed by atoms with Crippen molar-refractivity contribution in [3.05, 3.63) is 41.0 Å². The molecular formula is C14H11N3O. The lowest BCUT2D eigenvalue weighted by molar-refractivity contribution is -0.117. The van der Waals surface area contributed by atoms with Crippen molar-refractivity contribution in [3.8, 4) is 12.1 Å². The predicted molar refractivity (Wildman–Crippen MR) is 65.9 cm³/mol. The zero-order chi connectivity index (χ0) is 13.0. The van der Waals surface area contributed by atoms with Crippen molar-refractivity contribution in [2.75, 3.05) is 0 Å². The van der Waals surface area contributed by atoms with Gasteiger partial charge in [0.15, 0.2) is 0 Å². The van der Waals surface area contributed by atoms with Gasteiger partial charge in [0.25, 0.3) is 5.91 Å². The fourth-order valence-corrected chi connectivity index (χ4v) is 1.46. The quantitative estimate of drug-likeness (QED) is 0.642. The fraction of sp³-hybridized carbons (Fsp3) is 0.214. The molecule has 0 aromatic heterocycles. The molecule has 4 nitrogen and oxygen atoms in total. The Morgan fingerprint density at radius 1 is 1.28 bits per heavy atom. The molecule has 0 atom stereocenters. The molecule has 1 fully saturated rings. The molecule has 18 heavy (non-hydrogen) atoms. The zero-order valence-electron chi connectivity index (χ0n) is 9.68.